The van der Waals surface area contributed by atoms with Crippen LogP contribution in [0.2, 0.25) is 0 Å². The number of carbonyl (C=O) groups excluding carboxylic acids is 2. The fourth-order valence-corrected chi connectivity index (χ4v) is 3.10. The van der Waals surface area contributed by atoms with Crippen LogP contribution < -0.4 is 20.2 Å². The summed E-state index contributed by atoms with van der Waals surface area (Å²) in [6.07, 6.45) is 0. The molecule has 154 valence electrons. The number of esters is 1. The first-order valence-corrected chi connectivity index (χ1v) is 9.40. The quantitative estimate of drug-likeness (QED) is 0.646. The number of hydrogen-bond acceptors (Lipinski definition) is 7. The van der Waals surface area contributed by atoms with E-state index in [1.165, 1.54) is 0 Å². The van der Waals surface area contributed by atoms with Crippen LogP contribution in [-0.2, 0) is 9.53 Å². The standard InChI is InChI=1S/C22H19NO7/c1-13(14-6-7-18-19(10-14)28-9-8-27-18)23-21(25)12-29-22(26)20-11-16(24)15-4-2-3-5-17(15)30-20/h2-7,10-11,13H,8-9,12H2,1H3,(H,23,25)/t13-/m0/s1. The Morgan fingerprint density at radius 1 is 1.07 bits per heavy atom. The highest BCUT2D eigenvalue weighted by molar-refractivity contribution is 5.90. The highest BCUT2D eigenvalue weighted by atomic mass is 16.6. The van der Waals surface area contributed by atoms with Crippen molar-refractivity contribution in [2.75, 3.05) is 19.8 Å². The number of benzene rings is 2. The van der Waals surface area contributed by atoms with Crippen molar-refractivity contribution in [2.45, 2.75) is 13.0 Å². The van der Waals surface area contributed by atoms with Crippen LogP contribution in [0, 0.1) is 0 Å². The van der Waals surface area contributed by atoms with Gasteiger partial charge in [-0.3, -0.25) is 9.59 Å². The zero-order chi connectivity index (χ0) is 21.1. The summed E-state index contributed by atoms with van der Waals surface area (Å²) in [5.74, 6) is -0.354. The molecule has 1 aliphatic rings. The molecule has 2 aromatic carbocycles. The molecule has 8 heteroatoms. The molecule has 0 saturated heterocycles. The minimum Gasteiger partial charge on any atom is -0.486 e. The molecule has 4 rings (SSSR count). The number of nitrogens with one attached hydrogen (secondary N) is 1. The van der Waals surface area contributed by atoms with E-state index >= 15 is 0 Å². The molecule has 2 heterocycles. The molecule has 0 saturated carbocycles. The molecule has 1 N–H and O–H groups in total. The number of carbonyl (C=O) groups is 2. The highest BCUT2D eigenvalue weighted by Gasteiger charge is 2.18. The SMILES string of the molecule is C[C@H](NC(=O)COC(=O)c1cc(=O)c2ccccc2o1)c1ccc2c(c1)OCCO2. The number of para-hydroxylation sites is 1. The topological polar surface area (TPSA) is 104 Å². The van der Waals surface area contributed by atoms with Gasteiger partial charge in [-0.05, 0) is 36.8 Å². The average molecular weight is 409 g/mol. The van der Waals surface area contributed by atoms with Gasteiger partial charge in [0.25, 0.3) is 5.91 Å². The molecule has 0 unspecified atom stereocenters. The molecule has 30 heavy (non-hydrogen) atoms. The average Bonchev–Trinajstić information content (AvgIpc) is 2.77. The van der Waals surface area contributed by atoms with Crippen LogP contribution in [0.4, 0.5) is 0 Å². The Hall–Kier alpha value is -3.81. The van der Waals surface area contributed by atoms with Crippen LogP contribution in [-0.4, -0.2) is 31.7 Å². The summed E-state index contributed by atoms with van der Waals surface area (Å²) in [7, 11) is 0. The third kappa shape index (κ3) is 4.12. The summed E-state index contributed by atoms with van der Waals surface area (Å²) in [5, 5.41) is 3.11. The molecule has 3 aromatic rings. The summed E-state index contributed by atoms with van der Waals surface area (Å²) in [6, 6.07) is 12.7. The van der Waals surface area contributed by atoms with E-state index < -0.39 is 18.5 Å². The maximum atomic E-state index is 12.2. The molecular weight excluding hydrogens is 390 g/mol. The van der Waals surface area contributed by atoms with E-state index in [0.717, 1.165) is 11.6 Å². The Kier molecular flexibility index (Phi) is 5.38. The lowest BCUT2D eigenvalue weighted by Crippen LogP contribution is -2.31. The van der Waals surface area contributed by atoms with Crippen molar-refractivity contribution in [1.82, 2.24) is 5.32 Å². The normalized spacial score (nSPS) is 13.5. The summed E-state index contributed by atoms with van der Waals surface area (Å²) < 4.78 is 21.4. The fraction of sp³-hybridized carbons (Fsp3) is 0.227. The van der Waals surface area contributed by atoms with Crippen molar-refractivity contribution in [1.29, 1.82) is 0 Å². The lowest BCUT2D eigenvalue weighted by molar-refractivity contribution is -0.124. The second-order valence-electron chi connectivity index (χ2n) is 6.74. The predicted molar refractivity (Wildman–Crippen MR) is 107 cm³/mol. The smallest absolute Gasteiger partial charge is 0.374 e. The predicted octanol–water partition coefficient (Wildman–Crippen LogP) is 2.60. The molecule has 0 aliphatic carbocycles. The Labute approximate surface area is 171 Å². The molecule has 0 radical (unpaired) electrons. The Morgan fingerprint density at radius 2 is 1.83 bits per heavy atom. The van der Waals surface area contributed by atoms with E-state index in [-0.39, 0.29) is 22.8 Å². The number of fused-ring (bicyclic) bond motifs is 2. The summed E-state index contributed by atoms with van der Waals surface area (Å²) in [5.41, 5.74) is 0.730. The van der Waals surface area contributed by atoms with Gasteiger partial charge in [0.1, 0.15) is 18.8 Å². The molecule has 0 spiro atoms. The van der Waals surface area contributed by atoms with E-state index in [0.29, 0.717) is 30.1 Å². The molecule has 1 aromatic heterocycles. The fourth-order valence-electron chi connectivity index (χ4n) is 3.10. The van der Waals surface area contributed by atoms with Crippen molar-refractivity contribution in [3.63, 3.8) is 0 Å². The second kappa shape index (κ2) is 8.28. The number of rotatable bonds is 5. The van der Waals surface area contributed by atoms with Crippen LogP contribution in [0.1, 0.15) is 29.1 Å². The Bertz CT molecular complexity index is 1170. The van der Waals surface area contributed by atoms with E-state index in [1.807, 2.05) is 6.07 Å². The van der Waals surface area contributed by atoms with Gasteiger partial charge < -0.3 is 23.9 Å². The molecule has 1 amide bonds. The minimum absolute atomic E-state index is 0.258. The summed E-state index contributed by atoms with van der Waals surface area (Å²) in [4.78, 5) is 36.5. The first-order chi connectivity index (χ1) is 14.5. The van der Waals surface area contributed by atoms with E-state index in [4.69, 9.17) is 18.6 Å². The van der Waals surface area contributed by atoms with Crippen molar-refractivity contribution in [3.8, 4) is 11.5 Å². The molecule has 0 fully saturated rings. The largest absolute Gasteiger partial charge is 0.486 e. The van der Waals surface area contributed by atoms with Crippen molar-refractivity contribution < 1.29 is 28.2 Å². The Balaban J connectivity index is 1.36. The van der Waals surface area contributed by atoms with E-state index in [2.05, 4.69) is 5.32 Å². The third-order valence-electron chi connectivity index (χ3n) is 4.61. The van der Waals surface area contributed by atoms with Crippen LogP contribution in [0.25, 0.3) is 11.0 Å². The molecule has 0 bridgehead atoms. The molecule has 8 nitrogen and oxygen atoms in total. The van der Waals surface area contributed by atoms with E-state index in [1.54, 1.807) is 43.3 Å². The van der Waals surface area contributed by atoms with Crippen LogP contribution in [0.15, 0.2) is 57.7 Å². The van der Waals surface area contributed by atoms with Gasteiger partial charge in [0.2, 0.25) is 5.76 Å². The summed E-state index contributed by atoms with van der Waals surface area (Å²) in [6.45, 7) is 2.26. The maximum Gasteiger partial charge on any atom is 0.374 e. The zero-order valence-electron chi connectivity index (χ0n) is 16.2. The third-order valence-corrected chi connectivity index (χ3v) is 4.61. The number of amides is 1. The maximum absolute atomic E-state index is 12.2. The molecule has 1 aliphatic heterocycles. The van der Waals surface area contributed by atoms with Gasteiger partial charge in [-0.15, -0.1) is 0 Å². The zero-order valence-corrected chi connectivity index (χ0v) is 16.2. The molecule has 1 atom stereocenters. The minimum atomic E-state index is -0.889. The van der Waals surface area contributed by atoms with Crippen molar-refractivity contribution in [2.24, 2.45) is 0 Å². The second-order valence-corrected chi connectivity index (χ2v) is 6.74. The van der Waals surface area contributed by atoms with Gasteiger partial charge >= 0.3 is 5.97 Å². The lowest BCUT2D eigenvalue weighted by atomic mass is 10.1. The summed E-state index contributed by atoms with van der Waals surface area (Å²) >= 11 is 0. The van der Waals surface area contributed by atoms with Gasteiger partial charge in [0.05, 0.1) is 11.4 Å². The van der Waals surface area contributed by atoms with Gasteiger partial charge in [-0.1, -0.05) is 18.2 Å². The van der Waals surface area contributed by atoms with Gasteiger partial charge in [0.15, 0.2) is 23.5 Å². The number of ether oxygens (including phenoxy) is 3. The number of hydrogen-bond donors (Lipinski definition) is 1. The van der Waals surface area contributed by atoms with Crippen LogP contribution in [0.5, 0.6) is 11.5 Å². The van der Waals surface area contributed by atoms with Gasteiger partial charge in [-0.25, -0.2) is 4.79 Å². The van der Waals surface area contributed by atoms with Gasteiger partial charge in [-0.2, -0.15) is 0 Å². The first-order valence-electron chi connectivity index (χ1n) is 9.40. The van der Waals surface area contributed by atoms with Crippen LogP contribution >= 0.6 is 0 Å². The highest BCUT2D eigenvalue weighted by Crippen LogP contribution is 2.32. The monoisotopic (exact) mass is 409 g/mol. The Morgan fingerprint density at radius 3 is 2.67 bits per heavy atom. The van der Waals surface area contributed by atoms with Gasteiger partial charge in [0, 0.05) is 6.07 Å². The van der Waals surface area contributed by atoms with E-state index in [9.17, 15) is 14.4 Å². The first kappa shape index (κ1) is 19.5. The van der Waals surface area contributed by atoms with Crippen molar-refractivity contribution in [3.05, 3.63) is 70.1 Å². The molecular formula is C22H19NO7. The van der Waals surface area contributed by atoms with Crippen molar-refractivity contribution >= 4 is 22.8 Å². The lowest BCUT2D eigenvalue weighted by Gasteiger charge is -2.21. The van der Waals surface area contributed by atoms with Crippen LogP contribution in [0.3, 0.4) is 0 Å².